The molecule has 2 aliphatic heterocycles. The highest BCUT2D eigenvalue weighted by atomic mass is 16.8. The number of aliphatic hydroxyl groups is 2. The van der Waals surface area contributed by atoms with Gasteiger partial charge in [0.05, 0.1) is 12.2 Å². The highest BCUT2D eigenvalue weighted by molar-refractivity contribution is 5.89. The first-order valence-corrected chi connectivity index (χ1v) is 7.47. The van der Waals surface area contributed by atoms with Crippen molar-refractivity contribution in [3.05, 3.63) is 35.9 Å². The van der Waals surface area contributed by atoms with Gasteiger partial charge in [-0.05, 0) is 26.0 Å². The summed E-state index contributed by atoms with van der Waals surface area (Å²) in [5, 5.41) is 20.0. The van der Waals surface area contributed by atoms with Crippen molar-refractivity contribution < 1.29 is 34.0 Å². The number of hydrogen-bond donors (Lipinski definition) is 2. The van der Waals surface area contributed by atoms with Crippen molar-refractivity contribution in [1.29, 1.82) is 0 Å². The van der Waals surface area contributed by atoms with Gasteiger partial charge in [0.15, 0.2) is 18.2 Å². The summed E-state index contributed by atoms with van der Waals surface area (Å²) in [6.07, 6.45) is -5.30. The van der Waals surface area contributed by atoms with Gasteiger partial charge in [-0.1, -0.05) is 18.2 Å². The molecule has 1 unspecified atom stereocenters. The second-order valence-corrected chi connectivity index (χ2v) is 6.08. The number of hydrogen-bond acceptors (Lipinski definition) is 7. The molecule has 2 aliphatic rings. The molecule has 0 aliphatic carbocycles. The molecule has 126 valence electrons. The van der Waals surface area contributed by atoms with Gasteiger partial charge in [0.1, 0.15) is 18.3 Å². The van der Waals surface area contributed by atoms with Gasteiger partial charge in [0.25, 0.3) is 0 Å². The zero-order chi connectivity index (χ0) is 16.6. The second-order valence-electron chi connectivity index (χ2n) is 6.08. The summed E-state index contributed by atoms with van der Waals surface area (Å²) in [4.78, 5) is 12.3. The maximum absolute atomic E-state index is 12.3. The number of rotatable bonds is 2. The molecule has 0 aromatic heterocycles. The summed E-state index contributed by atoms with van der Waals surface area (Å²) in [7, 11) is 0. The molecule has 23 heavy (non-hydrogen) atoms. The van der Waals surface area contributed by atoms with Crippen LogP contribution in [0, 0.1) is 0 Å². The molecule has 1 aromatic rings. The summed E-state index contributed by atoms with van der Waals surface area (Å²) in [5.74, 6) is -1.50. The van der Waals surface area contributed by atoms with Crippen molar-refractivity contribution in [3.8, 4) is 0 Å². The summed E-state index contributed by atoms with van der Waals surface area (Å²) in [5.41, 5.74) is 0.351. The lowest BCUT2D eigenvalue weighted by molar-refractivity contribution is -0.376. The Kier molecular flexibility index (Phi) is 4.39. The van der Waals surface area contributed by atoms with Gasteiger partial charge < -0.3 is 29.2 Å². The highest BCUT2D eigenvalue weighted by Crippen LogP contribution is 2.33. The van der Waals surface area contributed by atoms with Crippen LogP contribution >= 0.6 is 0 Å². The van der Waals surface area contributed by atoms with Crippen LogP contribution < -0.4 is 0 Å². The van der Waals surface area contributed by atoms with Crippen LogP contribution in [0.5, 0.6) is 0 Å². The Hall–Kier alpha value is -1.51. The van der Waals surface area contributed by atoms with Gasteiger partial charge in [0.2, 0.25) is 0 Å². The monoisotopic (exact) mass is 324 g/mol. The third-order valence-corrected chi connectivity index (χ3v) is 3.90. The van der Waals surface area contributed by atoms with Gasteiger partial charge in [-0.15, -0.1) is 0 Å². The number of benzene rings is 1. The molecule has 2 N–H and O–H groups in total. The largest absolute Gasteiger partial charge is 0.453 e. The van der Waals surface area contributed by atoms with E-state index < -0.39 is 42.5 Å². The average molecular weight is 324 g/mol. The van der Waals surface area contributed by atoms with E-state index in [1.54, 1.807) is 44.2 Å². The van der Waals surface area contributed by atoms with E-state index >= 15 is 0 Å². The third kappa shape index (κ3) is 3.39. The maximum atomic E-state index is 12.3. The van der Waals surface area contributed by atoms with Crippen LogP contribution in [0.15, 0.2) is 30.3 Å². The second kappa shape index (κ2) is 6.18. The van der Waals surface area contributed by atoms with Crippen molar-refractivity contribution >= 4 is 5.97 Å². The average Bonchev–Trinajstić information content (AvgIpc) is 2.53. The van der Waals surface area contributed by atoms with Crippen molar-refractivity contribution in [2.75, 3.05) is 6.61 Å². The summed E-state index contributed by atoms with van der Waals surface area (Å²) >= 11 is 0. The fourth-order valence-electron chi connectivity index (χ4n) is 2.73. The Morgan fingerprint density at radius 3 is 2.65 bits per heavy atom. The van der Waals surface area contributed by atoms with Crippen molar-refractivity contribution in [2.24, 2.45) is 0 Å². The Morgan fingerprint density at radius 2 is 1.96 bits per heavy atom. The minimum atomic E-state index is -1.47. The van der Waals surface area contributed by atoms with Crippen LogP contribution in [-0.4, -0.2) is 59.3 Å². The molecule has 7 heteroatoms. The van der Waals surface area contributed by atoms with Crippen LogP contribution in [0.4, 0.5) is 0 Å². The topological polar surface area (TPSA) is 94.5 Å². The summed E-state index contributed by atoms with van der Waals surface area (Å²) < 4.78 is 21.9. The Bertz CT molecular complexity index is 559. The highest BCUT2D eigenvalue weighted by Gasteiger charge is 2.52. The smallest absolute Gasteiger partial charge is 0.338 e. The lowest BCUT2D eigenvalue weighted by Gasteiger charge is -2.48. The molecule has 0 saturated carbocycles. The zero-order valence-electron chi connectivity index (χ0n) is 12.9. The molecule has 3 rings (SSSR count). The van der Waals surface area contributed by atoms with E-state index in [4.69, 9.17) is 18.9 Å². The first-order chi connectivity index (χ1) is 10.9. The number of carbonyl (C=O) groups excluding carboxylic acids is 1. The quantitative estimate of drug-likeness (QED) is 0.762. The molecule has 0 spiro atoms. The molecule has 2 heterocycles. The predicted molar refractivity (Wildman–Crippen MR) is 77.4 cm³/mol. The van der Waals surface area contributed by atoms with Crippen molar-refractivity contribution in [2.45, 2.75) is 50.3 Å². The Balaban J connectivity index is 1.80. The molecule has 7 nitrogen and oxygen atoms in total. The van der Waals surface area contributed by atoms with E-state index in [1.165, 1.54) is 0 Å². The van der Waals surface area contributed by atoms with E-state index in [9.17, 15) is 15.0 Å². The van der Waals surface area contributed by atoms with Crippen LogP contribution in [0.2, 0.25) is 0 Å². The van der Waals surface area contributed by atoms with Gasteiger partial charge in [-0.25, -0.2) is 4.79 Å². The molecule has 0 bridgehead atoms. The lowest BCUT2D eigenvalue weighted by Crippen LogP contribution is -2.65. The molecule has 0 amide bonds. The number of esters is 1. The molecule has 5 atom stereocenters. The minimum absolute atomic E-state index is 0.167. The Labute approximate surface area is 133 Å². The first kappa shape index (κ1) is 16.4. The number of fused-ring (bicyclic) bond motifs is 1. The van der Waals surface area contributed by atoms with E-state index in [0.717, 1.165) is 0 Å². The number of carbonyl (C=O) groups is 1. The van der Waals surface area contributed by atoms with E-state index in [1.807, 2.05) is 0 Å². The molecular weight excluding hydrogens is 304 g/mol. The zero-order valence-corrected chi connectivity index (χ0v) is 12.9. The normalized spacial score (nSPS) is 36.1. The fraction of sp³-hybridized carbons (Fsp3) is 0.562. The molecular formula is C16H20O7. The van der Waals surface area contributed by atoms with Crippen molar-refractivity contribution in [3.63, 3.8) is 0 Å². The predicted octanol–water partition coefficient (Wildman–Crippen LogP) is 0.442. The number of ether oxygens (including phenoxy) is 4. The molecule has 2 fully saturated rings. The van der Waals surface area contributed by atoms with E-state index in [-0.39, 0.29) is 6.61 Å². The van der Waals surface area contributed by atoms with Gasteiger partial charge in [-0.3, -0.25) is 0 Å². The first-order valence-electron chi connectivity index (χ1n) is 7.47. The summed E-state index contributed by atoms with van der Waals surface area (Å²) in [6.45, 7) is 3.61. The van der Waals surface area contributed by atoms with Crippen molar-refractivity contribution in [1.82, 2.24) is 0 Å². The molecule has 1 aromatic carbocycles. The van der Waals surface area contributed by atoms with Gasteiger partial charge in [0, 0.05) is 0 Å². The minimum Gasteiger partial charge on any atom is -0.453 e. The standard InChI is InChI=1S/C16H20O7/c1-16(2)20-8-10-12(23-16)13(11(17)15(19)21-10)22-14(18)9-6-4-3-5-7-9/h3-7,10-13,15,17,19H,8H2,1-2H3/t10-,11-,12+,13-,15?/m1/s1. The Morgan fingerprint density at radius 1 is 1.26 bits per heavy atom. The van der Waals surface area contributed by atoms with Gasteiger partial charge >= 0.3 is 5.97 Å². The fourth-order valence-corrected chi connectivity index (χ4v) is 2.73. The van der Waals surface area contributed by atoms with Crippen LogP contribution in [-0.2, 0) is 18.9 Å². The lowest BCUT2D eigenvalue weighted by atomic mass is 9.97. The number of aliphatic hydroxyl groups excluding tert-OH is 2. The van der Waals surface area contributed by atoms with E-state index in [0.29, 0.717) is 5.56 Å². The van der Waals surface area contributed by atoms with E-state index in [2.05, 4.69) is 0 Å². The van der Waals surface area contributed by atoms with Crippen LogP contribution in [0.3, 0.4) is 0 Å². The van der Waals surface area contributed by atoms with Gasteiger partial charge in [-0.2, -0.15) is 0 Å². The molecule has 2 saturated heterocycles. The third-order valence-electron chi connectivity index (χ3n) is 3.90. The van der Waals surface area contributed by atoms with Crippen LogP contribution in [0.25, 0.3) is 0 Å². The summed E-state index contributed by atoms with van der Waals surface area (Å²) in [6, 6.07) is 8.42. The van der Waals surface area contributed by atoms with Crippen LogP contribution in [0.1, 0.15) is 24.2 Å². The molecule has 0 radical (unpaired) electrons. The maximum Gasteiger partial charge on any atom is 0.338 e. The SMILES string of the molecule is CC1(C)OC[C@H]2OC(O)[C@H](O)[C@@H](OC(=O)c3ccccc3)[C@H]2O1.